The molecule has 1 aliphatic heterocycles. The average molecular weight is 325 g/mol. The van der Waals surface area contributed by atoms with Crippen LogP contribution >= 0.6 is 15.9 Å². The third-order valence-corrected chi connectivity index (χ3v) is 4.43. The summed E-state index contributed by atoms with van der Waals surface area (Å²) in [5.41, 5.74) is 2.28. The predicted octanol–water partition coefficient (Wildman–Crippen LogP) is 3.74. The number of halogens is 1. The van der Waals surface area contributed by atoms with Crippen LogP contribution in [0.5, 0.6) is 5.75 Å². The van der Waals surface area contributed by atoms with Gasteiger partial charge in [-0.3, -0.25) is 4.79 Å². The van der Waals surface area contributed by atoms with Crippen LogP contribution in [0.2, 0.25) is 0 Å². The van der Waals surface area contributed by atoms with Gasteiger partial charge in [0.25, 0.3) is 0 Å². The van der Waals surface area contributed by atoms with Crippen molar-refractivity contribution in [3.8, 4) is 5.75 Å². The fourth-order valence-corrected chi connectivity index (χ4v) is 3.54. The molecule has 0 aromatic heterocycles. The third-order valence-electron chi connectivity index (χ3n) is 3.97. The minimum Gasteiger partial charge on any atom is -0.490 e. The van der Waals surface area contributed by atoms with Crippen LogP contribution in [-0.2, 0) is 11.2 Å². The molecule has 1 aromatic carbocycles. The van der Waals surface area contributed by atoms with Gasteiger partial charge in [0, 0.05) is 16.8 Å². The minimum atomic E-state index is -0.725. The Labute approximate surface area is 121 Å². The molecule has 1 fully saturated rings. The number of hydrogen-bond acceptors (Lipinski definition) is 2. The minimum absolute atomic E-state index is 0.0917. The lowest BCUT2D eigenvalue weighted by atomic mass is 9.89. The summed E-state index contributed by atoms with van der Waals surface area (Å²) in [5.74, 6) is 0.813. The van der Waals surface area contributed by atoms with Gasteiger partial charge in [0.15, 0.2) is 0 Å². The molecule has 0 bridgehead atoms. The van der Waals surface area contributed by atoms with E-state index in [1.165, 1.54) is 5.56 Å². The van der Waals surface area contributed by atoms with E-state index in [2.05, 4.69) is 28.9 Å². The molecular formula is C15H17BrO3. The summed E-state index contributed by atoms with van der Waals surface area (Å²) in [6.07, 6.45) is 3.56. The summed E-state index contributed by atoms with van der Waals surface area (Å²) in [5, 5.41) is 9.14. The van der Waals surface area contributed by atoms with Gasteiger partial charge in [0.2, 0.25) is 0 Å². The molecule has 19 heavy (non-hydrogen) atoms. The topological polar surface area (TPSA) is 46.5 Å². The second-order valence-electron chi connectivity index (χ2n) is 5.66. The van der Waals surface area contributed by atoms with E-state index in [1.807, 2.05) is 6.07 Å². The van der Waals surface area contributed by atoms with Gasteiger partial charge in [-0.15, -0.1) is 0 Å². The van der Waals surface area contributed by atoms with Gasteiger partial charge in [-0.05, 0) is 48.9 Å². The van der Waals surface area contributed by atoms with Crippen LogP contribution in [0.1, 0.15) is 43.2 Å². The van der Waals surface area contributed by atoms with E-state index in [4.69, 9.17) is 9.84 Å². The first-order valence-electron chi connectivity index (χ1n) is 6.75. The molecule has 1 aromatic rings. The molecule has 1 heterocycles. The largest absolute Gasteiger partial charge is 0.490 e. The van der Waals surface area contributed by atoms with E-state index in [0.29, 0.717) is 5.92 Å². The Morgan fingerprint density at radius 3 is 2.89 bits per heavy atom. The molecule has 2 atom stereocenters. The Balaban J connectivity index is 2.01. The zero-order chi connectivity index (χ0) is 13.6. The maximum absolute atomic E-state index is 11.1. The molecular weight excluding hydrogens is 308 g/mol. The molecule has 4 heteroatoms. The molecule has 102 valence electrons. The monoisotopic (exact) mass is 324 g/mol. The van der Waals surface area contributed by atoms with Crippen LogP contribution in [-0.4, -0.2) is 17.2 Å². The summed E-state index contributed by atoms with van der Waals surface area (Å²) in [4.78, 5) is 11.1. The first-order chi connectivity index (χ1) is 9.04. The Hall–Kier alpha value is -1.03. The predicted molar refractivity (Wildman–Crippen MR) is 75.7 cm³/mol. The lowest BCUT2D eigenvalue weighted by Crippen LogP contribution is -2.11. The van der Waals surface area contributed by atoms with Crippen molar-refractivity contribution in [1.29, 1.82) is 0 Å². The van der Waals surface area contributed by atoms with E-state index in [0.717, 1.165) is 35.0 Å². The SMILES string of the molecule is CC1Cc2cc(Br)cc(C(CC(=O)O)C3CC3)c2O1. The highest BCUT2D eigenvalue weighted by Gasteiger charge is 2.37. The van der Waals surface area contributed by atoms with Crippen molar-refractivity contribution < 1.29 is 14.6 Å². The lowest BCUT2D eigenvalue weighted by Gasteiger charge is -2.18. The van der Waals surface area contributed by atoms with Crippen molar-refractivity contribution >= 4 is 21.9 Å². The van der Waals surface area contributed by atoms with Crippen molar-refractivity contribution in [3.05, 3.63) is 27.7 Å². The van der Waals surface area contributed by atoms with Crippen molar-refractivity contribution in [2.45, 2.75) is 44.6 Å². The Morgan fingerprint density at radius 2 is 2.26 bits per heavy atom. The molecule has 0 amide bonds. The quantitative estimate of drug-likeness (QED) is 0.917. The summed E-state index contributed by atoms with van der Waals surface area (Å²) >= 11 is 3.54. The second-order valence-corrected chi connectivity index (χ2v) is 6.57. The van der Waals surface area contributed by atoms with Crippen molar-refractivity contribution in [2.24, 2.45) is 5.92 Å². The molecule has 0 saturated heterocycles. The number of fused-ring (bicyclic) bond motifs is 1. The number of ether oxygens (including phenoxy) is 1. The first-order valence-corrected chi connectivity index (χ1v) is 7.54. The summed E-state index contributed by atoms with van der Waals surface area (Å²) in [6, 6.07) is 4.13. The average Bonchev–Trinajstić information content (AvgIpc) is 3.07. The van der Waals surface area contributed by atoms with E-state index >= 15 is 0 Å². The van der Waals surface area contributed by atoms with Crippen LogP contribution in [0, 0.1) is 5.92 Å². The highest BCUT2D eigenvalue weighted by Crippen LogP contribution is 2.49. The number of carboxylic acid groups (broad SMARTS) is 1. The highest BCUT2D eigenvalue weighted by molar-refractivity contribution is 9.10. The third kappa shape index (κ3) is 2.64. The molecule has 0 radical (unpaired) electrons. The van der Waals surface area contributed by atoms with Gasteiger partial charge >= 0.3 is 5.97 Å². The van der Waals surface area contributed by atoms with Crippen LogP contribution in [0.15, 0.2) is 16.6 Å². The molecule has 3 nitrogen and oxygen atoms in total. The maximum Gasteiger partial charge on any atom is 0.303 e. The van der Waals surface area contributed by atoms with Gasteiger partial charge in [-0.2, -0.15) is 0 Å². The van der Waals surface area contributed by atoms with Gasteiger partial charge < -0.3 is 9.84 Å². The number of rotatable bonds is 4. The molecule has 1 saturated carbocycles. The number of carboxylic acids is 1. The number of benzene rings is 1. The van der Waals surface area contributed by atoms with Crippen molar-refractivity contribution in [2.75, 3.05) is 0 Å². The van der Waals surface area contributed by atoms with E-state index in [-0.39, 0.29) is 18.4 Å². The smallest absolute Gasteiger partial charge is 0.303 e. The Morgan fingerprint density at radius 1 is 1.53 bits per heavy atom. The van der Waals surface area contributed by atoms with Crippen LogP contribution in [0.3, 0.4) is 0 Å². The van der Waals surface area contributed by atoms with Crippen LogP contribution < -0.4 is 4.74 Å². The van der Waals surface area contributed by atoms with Gasteiger partial charge in [-0.1, -0.05) is 15.9 Å². The van der Waals surface area contributed by atoms with Gasteiger partial charge in [-0.25, -0.2) is 0 Å². The van der Waals surface area contributed by atoms with E-state index in [1.54, 1.807) is 0 Å². The number of hydrogen-bond donors (Lipinski definition) is 1. The Kier molecular flexibility index (Phi) is 3.29. The molecule has 1 aliphatic carbocycles. The summed E-state index contributed by atoms with van der Waals surface area (Å²) in [7, 11) is 0. The zero-order valence-corrected chi connectivity index (χ0v) is 12.4. The summed E-state index contributed by atoms with van der Waals surface area (Å²) in [6.45, 7) is 2.06. The van der Waals surface area contributed by atoms with E-state index < -0.39 is 5.97 Å². The van der Waals surface area contributed by atoms with E-state index in [9.17, 15) is 4.79 Å². The molecule has 2 aliphatic rings. The highest BCUT2D eigenvalue weighted by atomic mass is 79.9. The number of aliphatic carboxylic acids is 1. The molecule has 3 rings (SSSR count). The standard InChI is InChI=1S/C15H17BrO3/c1-8-4-10-5-11(16)6-13(15(10)19-8)12(7-14(17)18)9-2-3-9/h5-6,8-9,12H,2-4,7H2,1H3,(H,17,18). The maximum atomic E-state index is 11.1. The van der Waals surface area contributed by atoms with Gasteiger partial charge in [0.05, 0.1) is 6.42 Å². The van der Waals surface area contributed by atoms with Crippen molar-refractivity contribution in [1.82, 2.24) is 0 Å². The van der Waals surface area contributed by atoms with Gasteiger partial charge in [0.1, 0.15) is 11.9 Å². The second kappa shape index (κ2) is 4.82. The molecule has 2 unspecified atom stereocenters. The fraction of sp³-hybridized carbons (Fsp3) is 0.533. The zero-order valence-electron chi connectivity index (χ0n) is 10.9. The normalized spacial score (nSPS) is 22.7. The molecule has 0 spiro atoms. The first kappa shape index (κ1) is 13.0. The Bertz CT molecular complexity index is 522. The van der Waals surface area contributed by atoms with Crippen molar-refractivity contribution in [3.63, 3.8) is 0 Å². The summed E-state index contributed by atoms with van der Waals surface area (Å²) < 4.78 is 6.94. The lowest BCUT2D eigenvalue weighted by molar-refractivity contribution is -0.137. The fourth-order valence-electron chi connectivity index (χ4n) is 3.01. The number of carbonyl (C=O) groups is 1. The molecule has 1 N–H and O–H groups in total. The van der Waals surface area contributed by atoms with Crippen LogP contribution in [0.25, 0.3) is 0 Å². The van der Waals surface area contributed by atoms with Crippen LogP contribution in [0.4, 0.5) is 0 Å².